The summed E-state index contributed by atoms with van der Waals surface area (Å²) in [6.45, 7) is 0. The first-order chi connectivity index (χ1) is 17.7. The first-order valence-electron chi connectivity index (χ1n) is 9.90. The maximum Gasteiger partial charge on any atom is 3.00 e. The van der Waals surface area contributed by atoms with Crippen molar-refractivity contribution < 1.29 is 108 Å². The topological polar surface area (TPSA) is 363 Å². The average Bonchev–Trinajstić information content (AvgIpc) is 2.92. The maximum absolute atomic E-state index is 10.5. The predicted molar refractivity (Wildman–Crippen MR) is 123 cm³/mol. The van der Waals surface area contributed by atoms with Crippen molar-refractivity contribution in [2.75, 3.05) is 0 Å². The molecule has 0 aromatic carbocycles. The molecular formula is C18H27CrO18Se3. The monoisotopic (exact) mass is 823 g/mol. The fraction of sp³-hybridized carbons (Fsp3) is 0.667. The summed E-state index contributed by atoms with van der Waals surface area (Å²) in [5, 5.41) is 138. The maximum atomic E-state index is 10.5. The van der Waals surface area contributed by atoms with Crippen molar-refractivity contribution in [2.45, 2.75) is 73.2 Å². The van der Waals surface area contributed by atoms with Crippen LogP contribution in [0.3, 0.4) is 0 Å². The van der Waals surface area contributed by atoms with Gasteiger partial charge in [-0.25, -0.2) is 0 Å². The van der Waals surface area contributed by atoms with Crippen molar-refractivity contribution in [2.24, 2.45) is 0 Å². The van der Waals surface area contributed by atoms with Gasteiger partial charge in [-0.05, 0) is 0 Å². The summed E-state index contributed by atoms with van der Waals surface area (Å²) in [5.74, 6) is 0. The van der Waals surface area contributed by atoms with Gasteiger partial charge in [0.05, 0.1) is 0 Å². The van der Waals surface area contributed by atoms with Crippen LogP contribution < -0.4 is 15.3 Å². The van der Waals surface area contributed by atoms with Crippen LogP contribution in [-0.4, -0.2) is 214 Å². The molecule has 0 rings (SSSR count). The summed E-state index contributed by atoms with van der Waals surface area (Å²) in [6, 6.07) is 0. The molecule has 18 nitrogen and oxygen atoms in total. The minimum atomic E-state index is -1.89. The third-order valence-electron chi connectivity index (χ3n) is 4.21. The molecule has 12 N–H and O–H groups in total. The van der Waals surface area contributed by atoms with E-state index in [-0.39, 0.29) is 36.2 Å². The quantitative estimate of drug-likeness (QED) is 0.0539. The van der Waals surface area contributed by atoms with Gasteiger partial charge in [0.2, 0.25) is 0 Å². The van der Waals surface area contributed by atoms with Crippen molar-refractivity contribution in [3.8, 4) is 0 Å². The van der Waals surface area contributed by atoms with Crippen LogP contribution in [0.1, 0.15) is 0 Å². The van der Waals surface area contributed by atoms with Crippen LogP contribution in [-0.2, 0) is 31.7 Å². The Balaban J connectivity index is -0.000000240. The SMILES string of the molecule is O=C[C@H](O)[C@@H](O)[C@@H](O)[C@H](O)C([O-])=[Se].O=C[C@H](O)[C@@H](O)[C@@H](O)[C@H](O)C([O-])=[Se].O=C[C@H](O)[C@@H](O)[C@@H](O)[C@H](O)C([O-])=[Se].[Cr+3]. The van der Waals surface area contributed by atoms with Crippen LogP contribution in [0.2, 0.25) is 0 Å². The van der Waals surface area contributed by atoms with E-state index < -0.39 is 87.1 Å². The summed E-state index contributed by atoms with van der Waals surface area (Å²) in [5.41, 5.74) is 0. The zero-order valence-corrected chi connectivity index (χ0v) is 26.0. The Hall–Kier alpha value is -0.369. The number of hydrogen-bond acceptors (Lipinski definition) is 18. The molecule has 0 aromatic rings. The van der Waals surface area contributed by atoms with Crippen molar-refractivity contribution in [3.05, 3.63) is 0 Å². The van der Waals surface area contributed by atoms with E-state index in [1.807, 2.05) is 46.7 Å². The van der Waals surface area contributed by atoms with E-state index in [2.05, 4.69) is 0 Å². The molecule has 0 fully saturated rings. The molecule has 0 aliphatic heterocycles. The van der Waals surface area contributed by atoms with E-state index in [0.29, 0.717) is 0 Å². The number of rotatable bonds is 15. The minimum Gasteiger partial charge on any atom is 3.00 e. The first kappa shape index (κ1) is 46.6. The Morgan fingerprint density at radius 2 is 0.575 bits per heavy atom. The molecule has 12 atom stereocenters. The number of hydrogen-bond donors (Lipinski definition) is 12. The zero-order valence-electron chi connectivity index (χ0n) is 19.6. The largest absolute Gasteiger partial charge is 3.00 e. The van der Waals surface area contributed by atoms with E-state index >= 15 is 0 Å². The summed E-state index contributed by atoms with van der Waals surface area (Å²) >= 11 is 5.71. The van der Waals surface area contributed by atoms with Gasteiger partial charge >= 0.3 is 261 Å². The van der Waals surface area contributed by atoms with Crippen molar-refractivity contribution in [1.82, 2.24) is 0 Å². The molecule has 0 aromatic heterocycles. The van der Waals surface area contributed by atoms with Crippen LogP contribution in [0, 0.1) is 0 Å². The Morgan fingerprint density at radius 1 is 0.425 bits per heavy atom. The summed E-state index contributed by atoms with van der Waals surface area (Å²) < 4.78 is -2.65. The molecule has 0 bridgehead atoms. The second kappa shape index (κ2) is 24.1. The van der Waals surface area contributed by atoms with Gasteiger partial charge in [0.1, 0.15) is 0 Å². The number of aliphatic hydroxyl groups excluding tert-OH is 12. The van der Waals surface area contributed by atoms with Crippen LogP contribution in [0.25, 0.3) is 0 Å². The van der Waals surface area contributed by atoms with Gasteiger partial charge in [0, 0.05) is 0 Å². The van der Waals surface area contributed by atoms with E-state index in [4.69, 9.17) is 61.3 Å². The van der Waals surface area contributed by atoms with E-state index in [0.717, 1.165) is 0 Å². The smallest absolute Gasteiger partial charge is 3.00 e. The second-order valence-corrected chi connectivity index (χ2v) is 9.65. The van der Waals surface area contributed by atoms with Crippen LogP contribution >= 0.6 is 0 Å². The molecule has 0 aliphatic rings. The zero-order chi connectivity index (χ0) is 31.8. The molecule has 22 heteroatoms. The van der Waals surface area contributed by atoms with Crippen molar-refractivity contribution in [3.63, 3.8) is 0 Å². The third kappa shape index (κ3) is 17.6. The summed E-state index contributed by atoms with van der Waals surface area (Å²) in [4.78, 5) is 29.8. The minimum absolute atomic E-state index is 0. The molecule has 0 spiro atoms. The molecule has 0 saturated carbocycles. The molecule has 0 unspecified atom stereocenters. The van der Waals surface area contributed by atoms with Gasteiger partial charge in [-0.15, -0.1) is 0 Å². The first-order valence-corrected chi connectivity index (χ1v) is 12.5. The number of carbonyl (C=O) groups is 3. The van der Waals surface area contributed by atoms with Gasteiger partial charge in [-0.2, -0.15) is 0 Å². The predicted octanol–water partition coefficient (Wildman–Crippen LogP) is -14.1. The molecular weight excluding hydrogens is 793 g/mol. The Bertz CT molecular complexity index is 693. The Kier molecular flexibility index (Phi) is 28.1. The molecule has 40 heavy (non-hydrogen) atoms. The van der Waals surface area contributed by atoms with Crippen LogP contribution in [0.15, 0.2) is 0 Å². The second-order valence-electron chi connectivity index (χ2n) is 7.12. The third-order valence-corrected chi connectivity index (χ3v) is 5.73. The molecule has 231 valence electrons. The number of aldehydes is 3. The summed E-state index contributed by atoms with van der Waals surface area (Å²) in [6.07, 6.45) is -22.4. The number of carbonyl (C=O) groups excluding carboxylic acids is 3. The Labute approximate surface area is 260 Å². The van der Waals surface area contributed by atoms with Gasteiger partial charge in [0.15, 0.2) is 0 Å². The molecule has 1 radical (unpaired) electrons. The standard InChI is InChI=1S/3C6H10O6Se.Cr/c3*7-1-2(8)3(9)4(10)5(11)6(12)13;/h3*1-5,8-11H,(H,12,13);/q;;;+3/p-3/t3*2-,3+,4+,5-;/m000./s1. The normalized spacial score (nSPS) is 19.5. The Morgan fingerprint density at radius 3 is 0.675 bits per heavy atom. The van der Waals surface area contributed by atoms with E-state index in [9.17, 15) is 29.7 Å². The molecule has 0 saturated heterocycles. The van der Waals surface area contributed by atoms with E-state index in [1.165, 1.54) is 0 Å². The summed E-state index contributed by atoms with van der Waals surface area (Å²) in [7, 11) is 0. The molecule has 0 aliphatic carbocycles. The average molecular weight is 820 g/mol. The van der Waals surface area contributed by atoms with Gasteiger partial charge in [-0.3, -0.25) is 0 Å². The van der Waals surface area contributed by atoms with Crippen LogP contribution in [0.5, 0.6) is 0 Å². The fourth-order valence-corrected chi connectivity index (χ4v) is 2.70. The molecule has 0 heterocycles. The van der Waals surface area contributed by atoms with Gasteiger partial charge < -0.3 is 0 Å². The van der Waals surface area contributed by atoms with Crippen LogP contribution in [0.4, 0.5) is 0 Å². The van der Waals surface area contributed by atoms with Crippen molar-refractivity contribution in [1.29, 1.82) is 0 Å². The molecule has 0 amide bonds. The van der Waals surface area contributed by atoms with Gasteiger partial charge in [0.25, 0.3) is 0 Å². The van der Waals surface area contributed by atoms with Crippen molar-refractivity contribution >= 4 is 79.4 Å². The number of aliphatic hydroxyl groups is 12. The van der Waals surface area contributed by atoms with E-state index in [1.54, 1.807) is 0 Å². The van der Waals surface area contributed by atoms with Gasteiger partial charge in [-0.1, -0.05) is 0 Å². The fourth-order valence-electron chi connectivity index (χ4n) is 1.83.